The molecular weight excluding hydrogens is 369 g/mol. The quantitative estimate of drug-likeness (QED) is 0.826. The molecule has 2 aromatic carbocycles. The van der Waals surface area contributed by atoms with Gasteiger partial charge in [0.15, 0.2) is 0 Å². The van der Waals surface area contributed by atoms with Gasteiger partial charge in [-0.1, -0.05) is 41.4 Å². The van der Waals surface area contributed by atoms with Gasteiger partial charge in [0.1, 0.15) is 6.10 Å². The smallest absolute Gasteiger partial charge is 0.106 e. The minimum Gasteiger partial charge on any atom is -0.389 e. The van der Waals surface area contributed by atoms with Crippen molar-refractivity contribution in [2.75, 3.05) is 19.6 Å². The Bertz CT molecular complexity index is 865. The van der Waals surface area contributed by atoms with E-state index in [0.717, 1.165) is 31.0 Å². The number of benzene rings is 2. The summed E-state index contributed by atoms with van der Waals surface area (Å²) in [6, 6.07) is 13.1. The summed E-state index contributed by atoms with van der Waals surface area (Å²) in [6.07, 6.45) is 0.103. The SMILES string of the molecule is OC(CN1CCC2=C(Cc3ccc(Cl)cc32)C1)C(O)c1cccc(Cl)c1. The van der Waals surface area contributed by atoms with Crippen LogP contribution in [-0.4, -0.2) is 40.9 Å². The van der Waals surface area contributed by atoms with Crippen molar-refractivity contribution in [1.82, 2.24) is 4.90 Å². The van der Waals surface area contributed by atoms with Crippen LogP contribution in [0.5, 0.6) is 0 Å². The average molecular weight is 390 g/mol. The highest BCUT2D eigenvalue weighted by atomic mass is 35.5. The molecule has 0 fully saturated rings. The van der Waals surface area contributed by atoms with Crippen molar-refractivity contribution in [3.8, 4) is 0 Å². The third kappa shape index (κ3) is 3.55. The molecule has 136 valence electrons. The molecule has 0 aromatic heterocycles. The normalized spacial score (nSPS) is 19.2. The van der Waals surface area contributed by atoms with Gasteiger partial charge < -0.3 is 10.2 Å². The Hall–Kier alpha value is -1.36. The van der Waals surface area contributed by atoms with Crippen LogP contribution in [0.3, 0.4) is 0 Å². The van der Waals surface area contributed by atoms with Crippen LogP contribution in [0.1, 0.15) is 29.2 Å². The first kappa shape index (κ1) is 18.0. The third-order valence-electron chi connectivity index (χ3n) is 5.32. The molecule has 2 aromatic rings. The molecule has 2 N–H and O–H groups in total. The Morgan fingerprint density at radius 3 is 2.65 bits per heavy atom. The summed E-state index contributed by atoms with van der Waals surface area (Å²) in [4.78, 5) is 2.21. The average Bonchev–Trinajstić information content (AvgIpc) is 2.98. The van der Waals surface area contributed by atoms with E-state index in [0.29, 0.717) is 17.1 Å². The molecule has 5 heteroatoms. The first-order valence-corrected chi connectivity index (χ1v) is 9.60. The number of aliphatic hydroxyl groups excluding tert-OH is 2. The van der Waals surface area contributed by atoms with E-state index >= 15 is 0 Å². The van der Waals surface area contributed by atoms with E-state index in [4.69, 9.17) is 23.2 Å². The van der Waals surface area contributed by atoms with Gasteiger partial charge in [0.05, 0.1) is 6.10 Å². The molecule has 1 aliphatic heterocycles. The largest absolute Gasteiger partial charge is 0.389 e. The van der Waals surface area contributed by atoms with Crippen molar-refractivity contribution in [2.45, 2.75) is 25.0 Å². The molecule has 4 rings (SSSR count). The minimum absolute atomic E-state index is 0.432. The molecule has 0 saturated carbocycles. The van der Waals surface area contributed by atoms with Crippen molar-refractivity contribution in [2.24, 2.45) is 0 Å². The highest BCUT2D eigenvalue weighted by Crippen LogP contribution is 2.39. The topological polar surface area (TPSA) is 43.7 Å². The van der Waals surface area contributed by atoms with Gasteiger partial charge in [-0.25, -0.2) is 0 Å². The highest BCUT2D eigenvalue weighted by Gasteiger charge is 2.29. The van der Waals surface area contributed by atoms with Gasteiger partial charge in [0.25, 0.3) is 0 Å². The lowest BCUT2D eigenvalue weighted by molar-refractivity contribution is -0.00239. The molecule has 0 spiro atoms. The van der Waals surface area contributed by atoms with E-state index in [-0.39, 0.29) is 0 Å². The molecule has 0 radical (unpaired) electrons. The highest BCUT2D eigenvalue weighted by molar-refractivity contribution is 6.31. The first-order chi connectivity index (χ1) is 12.5. The lowest BCUT2D eigenvalue weighted by Gasteiger charge is -2.31. The Morgan fingerprint density at radius 2 is 1.85 bits per heavy atom. The van der Waals surface area contributed by atoms with Crippen LogP contribution in [0, 0.1) is 0 Å². The number of aliphatic hydroxyl groups is 2. The Balaban J connectivity index is 1.43. The maximum absolute atomic E-state index is 10.5. The molecule has 1 heterocycles. The summed E-state index contributed by atoms with van der Waals surface area (Å²) in [5.74, 6) is 0. The monoisotopic (exact) mass is 389 g/mol. The van der Waals surface area contributed by atoms with E-state index in [2.05, 4.69) is 17.0 Å². The van der Waals surface area contributed by atoms with E-state index in [9.17, 15) is 10.2 Å². The Morgan fingerprint density at radius 1 is 1.04 bits per heavy atom. The first-order valence-electron chi connectivity index (χ1n) is 8.85. The van der Waals surface area contributed by atoms with E-state index < -0.39 is 12.2 Å². The predicted molar refractivity (Wildman–Crippen MR) is 106 cm³/mol. The molecule has 2 aliphatic rings. The summed E-state index contributed by atoms with van der Waals surface area (Å²) in [5.41, 5.74) is 6.07. The van der Waals surface area contributed by atoms with Crippen molar-refractivity contribution in [3.05, 3.63) is 74.8 Å². The number of nitrogens with zero attached hydrogens (tertiary/aromatic N) is 1. The Labute approximate surface area is 163 Å². The molecule has 0 amide bonds. The zero-order valence-corrected chi connectivity index (χ0v) is 15.8. The standard InChI is InChI=1S/C21H21Cl2NO2/c22-16-3-1-2-14(9-16)21(26)20(25)12-24-7-6-18-15(11-24)8-13-4-5-17(23)10-19(13)18/h1-5,9-10,20-21,25-26H,6-8,11-12H2. The van der Waals surface area contributed by atoms with Crippen molar-refractivity contribution < 1.29 is 10.2 Å². The fourth-order valence-corrected chi connectivity index (χ4v) is 4.40. The molecule has 3 nitrogen and oxygen atoms in total. The predicted octanol–water partition coefficient (Wildman–Crippen LogP) is 4.10. The summed E-state index contributed by atoms with van der Waals surface area (Å²) < 4.78 is 0. The molecule has 26 heavy (non-hydrogen) atoms. The van der Waals surface area contributed by atoms with Gasteiger partial charge in [-0.05, 0) is 64.9 Å². The van der Waals surface area contributed by atoms with E-state index in [1.807, 2.05) is 6.07 Å². The second-order valence-electron chi connectivity index (χ2n) is 7.11. The summed E-state index contributed by atoms with van der Waals surface area (Å²) in [6.45, 7) is 2.12. The fraction of sp³-hybridized carbons (Fsp3) is 0.333. The van der Waals surface area contributed by atoms with Crippen molar-refractivity contribution in [3.63, 3.8) is 0 Å². The Kier molecular flexibility index (Phi) is 5.09. The van der Waals surface area contributed by atoms with Gasteiger partial charge in [-0.3, -0.25) is 4.90 Å². The maximum Gasteiger partial charge on any atom is 0.106 e. The molecule has 0 saturated heterocycles. The van der Waals surface area contributed by atoms with Gasteiger partial charge in [0, 0.05) is 29.7 Å². The third-order valence-corrected chi connectivity index (χ3v) is 5.79. The van der Waals surface area contributed by atoms with Gasteiger partial charge in [-0.15, -0.1) is 0 Å². The van der Waals surface area contributed by atoms with Crippen LogP contribution in [0.25, 0.3) is 5.57 Å². The zero-order chi connectivity index (χ0) is 18.3. The molecule has 2 unspecified atom stereocenters. The van der Waals surface area contributed by atoms with Crippen LogP contribution in [0.4, 0.5) is 0 Å². The molecule has 0 bridgehead atoms. The second-order valence-corrected chi connectivity index (χ2v) is 7.99. The van der Waals surface area contributed by atoms with Crippen LogP contribution >= 0.6 is 23.2 Å². The van der Waals surface area contributed by atoms with Gasteiger partial charge in [0.2, 0.25) is 0 Å². The number of hydrogen-bond acceptors (Lipinski definition) is 3. The second kappa shape index (κ2) is 7.34. The van der Waals surface area contributed by atoms with E-state index in [1.165, 1.54) is 22.3 Å². The van der Waals surface area contributed by atoms with Crippen LogP contribution in [0.2, 0.25) is 10.0 Å². The van der Waals surface area contributed by atoms with Gasteiger partial charge in [-0.2, -0.15) is 0 Å². The number of rotatable bonds is 4. The van der Waals surface area contributed by atoms with Crippen LogP contribution in [-0.2, 0) is 6.42 Å². The minimum atomic E-state index is -0.941. The van der Waals surface area contributed by atoms with Crippen LogP contribution in [0.15, 0.2) is 48.0 Å². The number of β-amino-alcohol motifs (C(OH)–C–C–N with tert-alkyl or cyclic N) is 1. The fourth-order valence-electron chi connectivity index (χ4n) is 4.03. The van der Waals surface area contributed by atoms with E-state index in [1.54, 1.807) is 24.3 Å². The summed E-state index contributed by atoms with van der Waals surface area (Å²) >= 11 is 12.1. The number of fused-ring (bicyclic) bond motifs is 2. The number of halogens is 2. The zero-order valence-electron chi connectivity index (χ0n) is 14.3. The number of hydrogen-bond donors (Lipinski definition) is 2. The van der Waals surface area contributed by atoms with Crippen molar-refractivity contribution in [1.29, 1.82) is 0 Å². The lowest BCUT2D eigenvalue weighted by Crippen LogP contribution is -2.39. The lowest BCUT2D eigenvalue weighted by atomic mass is 9.98. The maximum atomic E-state index is 10.5. The summed E-state index contributed by atoms with van der Waals surface area (Å²) in [7, 11) is 0. The van der Waals surface area contributed by atoms with Crippen LogP contribution < -0.4 is 0 Å². The van der Waals surface area contributed by atoms with Gasteiger partial charge >= 0.3 is 0 Å². The molecular formula is C21H21Cl2NO2. The molecule has 1 aliphatic carbocycles. The van der Waals surface area contributed by atoms with Crippen molar-refractivity contribution >= 4 is 28.8 Å². The molecule has 2 atom stereocenters. The summed E-state index contributed by atoms with van der Waals surface area (Å²) in [5, 5.41) is 22.3.